The Hall–Kier alpha value is -3.69. The number of carbonyl (C=O) groups excluding carboxylic acids is 1. The van der Waals surface area contributed by atoms with Crippen molar-refractivity contribution < 1.29 is 14.3 Å². The predicted molar refractivity (Wildman–Crippen MR) is 166 cm³/mol. The van der Waals surface area contributed by atoms with Crippen molar-refractivity contribution in [2.75, 3.05) is 7.11 Å². The maximum atomic E-state index is 14.1. The number of carbonyl (C=O) groups is 1. The molecule has 3 heterocycles. The van der Waals surface area contributed by atoms with Gasteiger partial charge in [-0.15, -0.1) is 0 Å². The van der Waals surface area contributed by atoms with E-state index in [1.54, 1.807) is 32.4 Å². The van der Waals surface area contributed by atoms with Crippen molar-refractivity contribution in [1.82, 2.24) is 9.13 Å². The Bertz CT molecular complexity index is 1880. The number of benzene rings is 2. The highest BCUT2D eigenvalue weighted by molar-refractivity contribution is 9.10. The lowest BCUT2D eigenvalue weighted by atomic mass is 9.95. The molecule has 7 nitrogen and oxygen atoms in total. The maximum Gasteiger partial charge on any atom is 0.338 e. The summed E-state index contributed by atoms with van der Waals surface area (Å²) in [5.74, 6) is 0.0446. The lowest BCUT2D eigenvalue weighted by Gasteiger charge is -2.26. The van der Waals surface area contributed by atoms with Gasteiger partial charge in [-0.2, -0.15) is 0 Å². The Morgan fingerprint density at radius 1 is 1.07 bits per heavy atom. The molecule has 0 amide bonds. The molecule has 9 heteroatoms. The summed E-state index contributed by atoms with van der Waals surface area (Å²) in [5.41, 5.74) is 6.55. The van der Waals surface area contributed by atoms with Gasteiger partial charge in [-0.25, -0.2) is 9.79 Å². The Kier molecular flexibility index (Phi) is 7.94. The quantitative estimate of drug-likeness (QED) is 0.256. The standard InChI is InChI=1S/C32H32BrN3O4S/c1-17(2)40-31(38)28-20(5)34-32-36(29(28)25-16-23(33)10-13-26(25)39-7)30(37)27(41-32)15-22-14-19(4)35(21(22)6)24-11-8-18(3)9-12-24/h8-17,29H,1-7H3/b27-15-/t29-/m1/s1. The van der Waals surface area contributed by atoms with E-state index < -0.39 is 12.0 Å². The van der Waals surface area contributed by atoms with Gasteiger partial charge in [-0.1, -0.05) is 45.0 Å². The second-order valence-corrected chi connectivity index (χ2v) is 12.3. The Morgan fingerprint density at radius 3 is 2.44 bits per heavy atom. The predicted octanol–water partition coefficient (Wildman–Crippen LogP) is 5.67. The van der Waals surface area contributed by atoms with Crippen molar-refractivity contribution >= 4 is 39.3 Å². The molecule has 4 aromatic rings. The van der Waals surface area contributed by atoms with E-state index in [1.807, 2.05) is 24.3 Å². The Morgan fingerprint density at radius 2 is 1.78 bits per heavy atom. The van der Waals surface area contributed by atoms with Crippen molar-refractivity contribution in [2.45, 2.75) is 53.7 Å². The van der Waals surface area contributed by atoms with Gasteiger partial charge in [0.1, 0.15) is 11.8 Å². The van der Waals surface area contributed by atoms with Crippen molar-refractivity contribution in [3.8, 4) is 11.4 Å². The number of fused-ring (bicyclic) bond motifs is 1. The van der Waals surface area contributed by atoms with Crippen LogP contribution in [0.1, 0.15) is 54.9 Å². The SMILES string of the molecule is COc1ccc(Br)cc1[C@@H]1C(C(=O)OC(C)C)=C(C)N=c2s/c(=C\c3cc(C)n(-c4ccc(C)cc4)c3C)c(=O)n21. The van der Waals surface area contributed by atoms with Crippen LogP contribution in [-0.4, -0.2) is 28.3 Å². The monoisotopic (exact) mass is 633 g/mol. The second kappa shape index (κ2) is 11.3. The number of nitrogens with zero attached hydrogens (tertiary/aromatic N) is 3. The molecule has 41 heavy (non-hydrogen) atoms. The van der Waals surface area contributed by atoms with Crippen molar-refractivity contribution in [2.24, 2.45) is 4.99 Å². The third-order valence-electron chi connectivity index (χ3n) is 7.12. The van der Waals surface area contributed by atoms with E-state index in [2.05, 4.69) is 71.6 Å². The zero-order chi connectivity index (χ0) is 29.6. The fourth-order valence-corrected chi connectivity index (χ4v) is 6.66. The molecule has 0 saturated heterocycles. The fourth-order valence-electron chi connectivity index (χ4n) is 5.24. The molecule has 1 aliphatic rings. The van der Waals surface area contributed by atoms with Gasteiger partial charge < -0.3 is 14.0 Å². The number of hydrogen-bond donors (Lipinski definition) is 0. The van der Waals surface area contributed by atoms with Crippen molar-refractivity contribution in [1.29, 1.82) is 0 Å². The van der Waals surface area contributed by atoms with Gasteiger partial charge in [-0.05, 0) is 89.6 Å². The van der Waals surface area contributed by atoms with Crippen LogP contribution in [0.3, 0.4) is 0 Å². The first-order chi connectivity index (χ1) is 19.5. The molecule has 0 radical (unpaired) electrons. The molecule has 1 atom stereocenters. The minimum Gasteiger partial charge on any atom is -0.496 e. The third kappa shape index (κ3) is 5.36. The molecule has 0 fully saturated rings. The average molecular weight is 635 g/mol. The van der Waals surface area contributed by atoms with E-state index >= 15 is 0 Å². The molecule has 0 N–H and O–H groups in total. The molecule has 0 spiro atoms. The molecule has 0 saturated carbocycles. The molecule has 2 aromatic heterocycles. The molecule has 212 valence electrons. The number of rotatable bonds is 6. The summed E-state index contributed by atoms with van der Waals surface area (Å²) in [4.78, 5) is 32.8. The van der Waals surface area contributed by atoms with E-state index in [0.717, 1.165) is 27.1 Å². The van der Waals surface area contributed by atoms with E-state index in [-0.39, 0.29) is 11.7 Å². The average Bonchev–Trinajstić information content (AvgIpc) is 3.37. The molecule has 1 aliphatic heterocycles. The molecule has 0 aliphatic carbocycles. The maximum absolute atomic E-state index is 14.1. The van der Waals surface area contributed by atoms with Gasteiger partial charge in [0.15, 0.2) is 4.80 Å². The van der Waals surface area contributed by atoms with E-state index in [1.165, 1.54) is 16.9 Å². The van der Waals surface area contributed by atoms with E-state index in [0.29, 0.717) is 31.9 Å². The summed E-state index contributed by atoms with van der Waals surface area (Å²) in [7, 11) is 1.57. The Balaban J connectivity index is 1.72. The van der Waals surface area contributed by atoms with E-state index in [4.69, 9.17) is 14.5 Å². The summed E-state index contributed by atoms with van der Waals surface area (Å²) in [6, 6.07) is 15.2. The summed E-state index contributed by atoms with van der Waals surface area (Å²) in [5, 5.41) is 0. The molecule has 0 unspecified atom stereocenters. The minimum atomic E-state index is -0.771. The van der Waals surface area contributed by atoms with Crippen molar-refractivity contribution in [3.05, 3.63) is 112 Å². The summed E-state index contributed by atoms with van der Waals surface area (Å²) >= 11 is 4.85. The number of methoxy groups -OCH3 is 1. The minimum absolute atomic E-state index is 0.233. The molecule has 5 rings (SSSR count). The van der Waals surface area contributed by atoms with Crippen LogP contribution < -0.4 is 19.6 Å². The van der Waals surface area contributed by atoms with Crippen LogP contribution in [-0.2, 0) is 9.53 Å². The molecular formula is C32H32BrN3O4S. The largest absolute Gasteiger partial charge is 0.496 e. The van der Waals surface area contributed by atoms with Gasteiger partial charge >= 0.3 is 5.97 Å². The smallest absolute Gasteiger partial charge is 0.338 e. The van der Waals surface area contributed by atoms with Gasteiger partial charge in [0.2, 0.25) is 0 Å². The summed E-state index contributed by atoms with van der Waals surface area (Å²) in [6.45, 7) is 11.5. The van der Waals surface area contributed by atoms with Crippen LogP contribution in [0.25, 0.3) is 11.8 Å². The van der Waals surface area contributed by atoms with Gasteiger partial charge in [-0.3, -0.25) is 9.36 Å². The van der Waals surface area contributed by atoms with Gasteiger partial charge in [0, 0.05) is 27.1 Å². The molecule has 0 bridgehead atoms. The molecule has 2 aromatic carbocycles. The first-order valence-electron chi connectivity index (χ1n) is 13.3. The van der Waals surface area contributed by atoms with Gasteiger partial charge in [0.05, 0.1) is 29.0 Å². The highest BCUT2D eigenvalue weighted by Gasteiger charge is 2.35. The first-order valence-corrected chi connectivity index (χ1v) is 14.9. The fraction of sp³-hybridized carbons (Fsp3) is 0.281. The van der Waals surface area contributed by atoms with Crippen molar-refractivity contribution in [3.63, 3.8) is 0 Å². The number of thiazole rings is 1. The number of aromatic nitrogens is 2. The number of hydrogen-bond acceptors (Lipinski definition) is 6. The number of allylic oxidation sites excluding steroid dienone is 1. The van der Waals surface area contributed by atoms with Crippen LogP contribution in [0.2, 0.25) is 0 Å². The topological polar surface area (TPSA) is 74.8 Å². The van der Waals surface area contributed by atoms with E-state index in [9.17, 15) is 9.59 Å². The lowest BCUT2D eigenvalue weighted by Crippen LogP contribution is -2.40. The third-order valence-corrected chi connectivity index (χ3v) is 8.60. The Labute approximate surface area is 251 Å². The van der Waals surface area contributed by atoms with Crippen LogP contribution in [0.4, 0.5) is 0 Å². The second-order valence-electron chi connectivity index (χ2n) is 10.4. The summed E-state index contributed by atoms with van der Waals surface area (Å²) in [6.07, 6.45) is 1.58. The van der Waals surface area contributed by atoms with Gasteiger partial charge in [0.25, 0.3) is 5.56 Å². The normalized spacial score (nSPS) is 15.2. The first kappa shape index (κ1) is 28.8. The molecular weight excluding hydrogens is 602 g/mol. The number of aryl methyl sites for hydroxylation is 2. The zero-order valence-electron chi connectivity index (χ0n) is 24.1. The number of ether oxygens (including phenoxy) is 2. The van der Waals surface area contributed by atoms with Crippen LogP contribution >= 0.6 is 27.3 Å². The van der Waals surface area contributed by atoms with Crippen LogP contribution in [0.15, 0.2) is 74.1 Å². The highest BCUT2D eigenvalue weighted by atomic mass is 79.9. The summed E-state index contributed by atoms with van der Waals surface area (Å²) < 4.78 is 16.4. The highest BCUT2D eigenvalue weighted by Crippen LogP contribution is 2.37. The van der Waals surface area contributed by atoms with Crippen LogP contribution in [0, 0.1) is 20.8 Å². The lowest BCUT2D eigenvalue weighted by molar-refractivity contribution is -0.143. The van der Waals surface area contributed by atoms with Crippen LogP contribution in [0.5, 0.6) is 5.75 Å². The zero-order valence-corrected chi connectivity index (χ0v) is 26.5. The number of esters is 1. The number of halogens is 1.